The van der Waals surface area contributed by atoms with E-state index in [4.69, 9.17) is 4.74 Å². The van der Waals surface area contributed by atoms with Crippen molar-refractivity contribution >= 4 is 17.4 Å². The summed E-state index contributed by atoms with van der Waals surface area (Å²) in [6.45, 7) is 3.76. The van der Waals surface area contributed by atoms with Crippen LogP contribution in [0.3, 0.4) is 0 Å². The number of anilines is 1. The second kappa shape index (κ2) is 7.01. The van der Waals surface area contributed by atoms with Crippen LogP contribution in [0.25, 0.3) is 0 Å². The summed E-state index contributed by atoms with van der Waals surface area (Å²) < 4.78 is 7.83. The first-order valence-electron chi connectivity index (χ1n) is 6.99. The highest BCUT2D eigenvalue weighted by atomic mass is 16.6. The average molecular weight is 322 g/mol. The van der Waals surface area contributed by atoms with E-state index in [1.54, 1.807) is 20.2 Å². The molecular weight excluding hydrogens is 304 g/mol. The van der Waals surface area contributed by atoms with Crippen LogP contribution in [0.4, 0.5) is 11.5 Å². The molecule has 0 aliphatic heterocycles. The number of methoxy groups -OCH3 is 1. The summed E-state index contributed by atoms with van der Waals surface area (Å²) in [4.78, 5) is 22.7. The van der Waals surface area contributed by atoms with Gasteiger partial charge in [0.1, 0.15) is 6.73 Å². The molecule has 0 radical (unpaired) electrons. The van der Waals surface area contributed by atoms with Gasteiger partial charge < -0.3 is 20.2 Å². The molecule has 2 aromatic heterocycles. The average Bonchev–Trinajstić information content (AvgIpc) is 3.08. The first-order chi connectivity index (χ1) is 11.0. The topological polar surface area (TPSA) is 117 Å². The minimum Gasteiger partial charge on any atom is -0.362 e. The van der Waals surface area contributed by atoms with E-state index in [2.05, 4.69) is 15.5 Å². The third-order valence-corrected chi connectivity index (χ3v) is 3.24. The molecule has 0 saturated heterocycles. The highest BCUT2D eigenvalue weighted by Gasteiger charge is 2.27. The summed E-state index contributed by atoms with van der Waals surface area (Å²) in [6, 6.07) is 0.696. The zero-order valence-electron chi connectivity index (χ0n) is 13.1. The maximum Gasteiger partial charge on any atom is 0.390 e. The zero-order valence-corrected chi connectivity index (χ0v) is 13.1. The van der Waals surface area contributed by atoms with Gasteiger partial charge in [-0.15, -0.1) is 0 Å². The minimum absolute atomic E-state index is 0.275. The van der Waals surface area contributed by atoms with E-state index in [-0.39, 0.29) is 18.5 Å². The van der Waals surface area contributed by atoms with E-state index >= 15 is 0 Å². The Kier molecular flexibility index (Phi) is 5.06. The van der Waals surface area contributed by atoms with Gasteiger partial charge in [0, 0.05) is 7.11 Å². The number of nitrogens with one attached hydrogen (secondary N) is 1. The highest BCUT2D eigenvalue weighted by Crippen LogP contribution is 2.20. The third-order valence-electron chi connectivity index (χ3n) is 3.24. The number of nitrogens with zero attached hydrogens (tertiary/aromatic N) is 5. The number of rotatable bonds is 7. The predicted molar refractivity (Wildman–Crippen MR) is 80.8 cm³/mol. The maximum absolute atomic E-state index is 12.4. The van der Waals surface area contributed by atoms with Gasteiger partial charge in [0.2, 0.25) is 0 Å². The molecule has 0 fully saturated rings. The fourth-order valence-electron chi connectivity index (χ4n) is 2.20. The molecule has 0 aliphatic rings. The zero-order chi connectivity index (χ0) is 17.0. The lowest BCUT2D eigenvalue weighted by Gasteiger charge is -2.13. The van der Waals surface area contributed by atoms with E-state index in [9.17, 15) is 14.9 Å². The van der Waals surface area contributed by atoms with Crippen molar-refractivity contribution in [2.75, 3.05) is 12.4 Å². The molecule has 0 aromatic carbocycles. The quantitative estimate of drug-likeness (QED) is 0.609. The van der Waals surface area contributed by atoms with E-state index < -0.39 is 11.0 Å². The van der Waals surface area contributed by atoms with Crippen LogP contribution in [-0.2, 0) is 16.3 Å². The molecule has 1 atom stereocenters. The summed E-state index contributed by atoms with van der Waals surface area (Å²) in [5.74, 6) is -0.591. The maximum atomic E-state index is 12.4. The number of carbonyl (C=O) groups is 1. The second-order valence-electron chi connectivity index (χ2n) is 4.95. The van der Waals surface area contributed by atoms with Crippen LogP contribution in [0, 0.1) is 17.0 Å². The Labute approximate surface area is 132 Å². The minimum atomic E-state index is -0.644. The number of hydrogen-bond donors (Lipinski definition) is 1. The van der Waals surface area contributed by atoms with Gasteiger partial charge in [-0.25, -0.2) is 4.68 Å². The molecule has 0 saturated carbocycles. The van der Waals surface area contributed by atoms with E-state index in [1.807, 2.05) is 6.92 Å². The highest BCUT2D eigenvalue weighted by molar-refractivity contribution is 5.93. The number of hydrogen-bond acceptors (Lipinski definition) is 6. The van der Waals surface area contributed by atoms with Crippen LogP contribution >= 0.6 is 0 Å². The number of nitro groups is 1. The second-order valence-corrected chi connectivity index (χ2v) is 4.95. The van der Waals surface area contributed by atoms with E-state index in [0.29, 0.717) is 17.8 Å². The van der Waals surface area contributed by atoms with Crippen LogP contribution < -0.4 is 5.32 Å². The molecule has 1 amide bonds. The first-order valence-corrected chi connectivity index (χ1v) is 6.99. The molecule has 10 nitrogen and oxygen atoms in total. The van der Waals surface area contributed by atoms with Crippen LogP contribution in [0.1, 0.15) is 25.1 Å². The lowest BCUT2D eigenvalue weighted by atomic mass is 10.2. The molecule has 1 N–H and O–H groups in total. The third kappa shape index (κ3) is 3.72. The first kappa shape index (κ1) is 16.6. The predicted octanol–water partition coefficient (Wildman–Crippen LogP) is 1.49. The molecule has 2 aromatic rings. The molecule has 0 bridgehead atoms. The summed E-state index contributed by atoms with van der Waals surface area (Å²) in [6.07, 6.45) is 3.58. The molecule has 0 aliphatic carbocycles. The van der Waals surface area contributed by atoms with Crippen molar-refractivity contribution in [2.45, 2.75) is 33.0 Å². The normalized spacial score (nSPS) is 12.1. The van der Waals surface area contributed by atoms with Gasteiger partial charge in [0.05, 0.1) is 34.9 Å². The lowest BCUT2D eigenvalue weighted by Crippen LogP contribution is -2.27. The van der Waals surface area contributed by atoms with Gasteiger partial charge in [0.15, 0.2) is 6.04 Å². The number of aryl methyl sites for hydroxylation is 1. The monoisotopic (exact) mass is 322 g/mol. The van der Waals surface area contributed by atoms with Gasteiger partial charge >= 0.3 is 5.82 Å². The SMILES string of the molecule is CCC(C(=O)Nc1cnn(COC)c1)n1nc([N+](=O)[O-])cc1C. The van der Waals surface area contributed by atoms with Crippen LogP contribution in [0.15, 0.2) is 18.5 Å². The summed E-state index contributed by atoms with van der Waals surface area (Å²) >= 11 is 0. The fraction of sp³-hybridized carbons (Fsp3) is 0.462. The molecule has 23 heavy (non-hydrogen) atoms. The lowest BCUT2D eigenvalue weighted by molar-refractivity contribution is -0.389. The summed E-state index contributed by atoms with van der Waals surface area (Å²) in [5, 5.41) is 21.5. The molecular formula is C13H18N6O4. The molecule has 10 heteroatoms. The molecule has 1 unspecified atom stereocenters. The van der Waals surface area contributed by atoms with E-state index in [1.165, 1.54) is 21.6 Å². The van der Waals surface area contributed by atoms with Crippen molar-refractivity contribution in [2.24, 2.45) is 0 Å². The Morgan fingerprint density at radius 2 is 2.30 bits per heavy atom. The van der Waals surface area contributed by atoms with Gasteiger partial charge in [-0.1, -0.05) is 6.92 Å². The van der Waals surface area contributed by atoms with Gasteiger partial charge in [-0.3, -0.25) is 4.79 Å². The van der Waals surface area contributed by atoms with Gasteiger partial charge in [0.25, 0.3) is 5.91 Å². The summed E-state index contributed by atoms with van der Waals surface area (Å²) in [7, 11) is 1.54. The largest absolute Gasteiger partial charge is 0.390 e. The Balaban J connectivity index is 2.16. The Hall–Kier alpha value is -2.75. The van der Waals surface area contributed by atoms with Gasteiger partial charge in [-0.05, 0) is 18.3 Å². The number of ether oxygens (including phenoxy) is 1. The molecule has 2 heterocycles. The Morgan fingerprint density at radius 1 is 1.57 bits per heavy atom. The smallest absolute Gasteiger partial charge is 0.362 e. The Morgan fingerprint density at radius 3 is 2.87 bits per heavy atom. The molecule has 0 spiro atoms. The number of aromatic nitrogens is 4. The fourth-order valence-corrected chi connectivity index (χ4v) is 2.20. The summed E-state index contributed by atoms with van der Waals surface area (Å²) in [5.41, 5.74) is 1.07. The van der Waals surface area contributed by atoms with Crippen molar-refractivity contribution in [3.05, 3.63) is 34.3 Å². The van der Waals surface area contributed by atoms with Crippen molar-refractivity contribution in [3.63, 3.8) is 0 Å². The number of amides is 1. The van der Waals surface area contributed by atoms with Crippen LogP contribution in [0.5, 0.6) is 0 Å². The van der Waals surface area contributed by atoms with Crippen molar-refractivity contribution < 1.29 is 14.5 Å². The molecule has 2 rings (SSSR count). The Bertz CT molecular complexity index is 707. The van der Waals surface area contributed by atoms with Crippen molar-refractivity contribution in [1.29, 1.82) is 0 Å². The molecule has 124 valence electrons. The van der Waals surface area contributed by atoms with Crippen LogP contribution in [0.2, 0.25) is 0 Å². The van der Waals surface area contributed by atoms with Crippen molar-refractivity contribution in [3.8, 4) is 0 Å². The van der Waals surface area contributed by atoms with E-state index in [0.717, 1.165) is 0 Å². The van der Waals surface area contributed by atoms with Gasteiger partial charge in [-0.2, -0.15) is 9.78 Å². The standard InChI is InChI=1S/C13H18N6O4/c1-4-11(18-9(2)5-12(16-18)19(21)22)13(20)15-10-6-14-17(7-10)8-23-3/h5-7,11H,4,8H2,1-3H3,(H,15,20). The van der Waals surface area contributed by atoms with Crippen molar-refractivity contribution in [1.82, 2.24) is 19.6 Å². The number of carbonyl (C=O) groups excluding carboxylic acids is 1. The van der Waals surface area contributed by atoms with Crippen LogP contribution in [-0.4, -0.2) is 37.5 Å².